The minimum absolute atomic E-state index is 0.333. The molecule has 0 saturated carbocycles. The summed E-state index contributed by atoms with van der Waals surface area (Å²) in [4.78, 5) is 24.3. The van der Waals surface area contributed by atoms with Crippen molar-refractivity contribution in [1.82, 2.24) is 0 Å². The third kappa shape index (κ3) is 1.80. The fourth-order valence-electron chi connectivity index (χ4n) is 3.42. The molecule has 2 heterocycles. The lowest BCUT2D eigenvalue weighted by molar-refractivity contribution is -0.127. The maximum atomic E-state index is 12.2. The number of benzene rings is 2. The standard InChI is InChI=1S/C20H16O4/c1-9(2)15-13-7-5-12-11(17(13)23-19(15)21)6-8-14-16(10(3)4)20(22)24-18(12)14/h5-8H,1-4H3. The first-order valence-corrected chi connectivity index (χ1v) is 7.80. The van der Waals surface area contributed by atoms with Crippen molar-refractivity contribution in [3.8, 4) is 11.5 Å². The van der Waals surface area contributed by atoms with Gasteiger partial charge in [0.25, 0.3) is 0 Å². The number of allylic oxidation sites excluding steroid dienone is 2. The first-order chi connectivity index (χ1) is 11.4. The van der Waals surface area contributed by atoms with Gasteiger partial charge in [0.15, 0.2) is 0 Å². The van der Waals surface area contributed by atoms with E-state index in [0.717, 1.165) is 33.0 Å². The van der Waals surface area contributed by atoms with E-state index < -0.39 is 0 Å². The van der Waals surface area contributed by atoms with Crippen LogP contribution in [-0.4, -0.2) is 11.9 Å². The fourth-order valence-corrected chi connectivity index (χ4v) is 3.42. The van der Waals surface area contributed by atoms with Gasteiger partial charge in [-0.15, -0.1) is 0 Å². The quantitative estimate of drug-likeness (QED) is 0.413. The van der Waals surface area contributed by atoms with Crippen LogP contribution in [-0.2, 0) is 9.59 Å². The number of fused-ring (bicyclic) bond motifs is 5. The van der Waals surface area contributed by atoms with Crippen LogP contribution >= 0.6 is 0 Å². The molecule has 2 aromatic carbocycles. The number of carbonyl (C=O) groups excluding carboxylic acids is 2. The normalized spacial score (nSPS) is 15.3. The maximum Gasteiger partial charge on any atom is 0.344 e. The van der Waals surface area contributed by atoms with Crippen molar-refractivity contribution in [3.05, 3.63) is 46.5 Å². The van der Waals surface area contributed by atoms with Crippen molar-refractivity contribution < 1.29 is 19.1 Å². The molecule has 0 aromatic heterocycles. The Morgan fingerprint density at radius 2 is 1.04 bits per heavy atom. The van der Waals surface area contributed by atoms with Crippen molar-refractivity contribution in [1.29, 1.82) is 0 Å². The number of ether oxygens (including phenoxy) is 2. The second kappa shape index (κ2) is 4.81. The molecule has 0 N–H and O–H groups in total. The predicted octanol–water partition coefficient (Wildman–Crippen LogP) is 4.26. The van der Waals surface area contributed by atoms with Gasteiger partial charge in [-0.1, -0.05) is 11.1 Å². The predicted molar refractivity (Wildman–Crippen MR) is 91.8 cm³/mol. The average molecular weight is 320 g/mol. The second-order valence-corrected chi connectivity index (χ2v) is 6.51. The van der Waals surface area contributed by atoms with Gasteiger partial charge in [0.1, 0.15) is 11.5 Å². The summed E-state index contributed by atoms with van der Waals surface area (Å²) in [5.41, 5.74) is 4.62. The molecule has 0 saturated heterocycles. The Hall–Kier alpha value is -2.88. The number of hydrogen-bond acceptors (Lipinski definition) is 4. The molecule has 4 nitrogen and oxygen atoms in total. The molecule has 2 aliphatic rings. The van der Waals surface area contributed by atoms with Gasteiger partial charge in [-0.25, -0.2) is 9.59 Å². The van der Waals surface area contributed by atoms with Gasteiger partial charge in [0, 0.05) is 21.9 Å². The van der Waals surface area contributed by atoms with Crippen LogP contribution < -0.4 is 9.47 Å². The number of carbonyl (C=O) groups is 2. The lowest BCUT2D eigenvalue weighted by Gasteiger charge is -2.07. The maximum absolute atomic E-state index is 12.2. The van der Waals surface area contributed by atoms with Gasteiger partial charge in [-0.2, -0.15) is 0 Å². The first kappa shape index (κ1) is 14.7. The molecule has 24 heavy (non-hydrogen) atoms. The van der Waals surface area contributed by atoms with E-state index >= 15 is 0 Å². The Labute approximate surface area is 139 Å². The molecule has 0 radical (unpaired) electrons. The van der Waals surface area contributed by atoms with E-state index in [9.17, 15) is 9.59 Å². The SMILES string of the molecule is CC(C)=C1C(=O)Oc2c1ccc1c3c(ccc21)C(=C(C)C)C(=O)O3. The van der Waals surface area contributed by atoms with Crippen molar-refractivity contribution in [2.45, 2.75) is 27.7 Å². The zero-order chi connectivity index (χ0) is 17.2. The van der Waals surface area contributed by atoms with E-state index in [1.165, 1.54) is 0 Å². The third-order valence-electron chi connectivity index (χ3n) is 4.44. The minimum atomic E-state index is -0.333. The highest BCUT2D eigenvalue weighted by Crippen LogP contribution is 2.47. The molecule has 0 fully saturated rings. The molecule has 0 unspecified atom stereocenters. The Balaban J connectivity index is 2.04. The van der Waals surface area contributed by atoms with E-state index in [4.69, 9.17) is 9.47 Å². The van der Waals surface area contributed by atoms with Crippen molar-refractivity contribution in [2.75, 3.05) is 0 Å². The Morgan fingerprint density at radius 1 is 0.667 bits per heavy atom. The third-order valence-corrected chi connectivity index (χ3v) is 4.44. The van der Waals surface area contributed by atoms with E-state index in [1.54, 1.807) is 0 Å². The summed E-state index contributed by atoms with van der Waals surface area (Å²) in [7, 11) is 0. The van der Waals surface area contributed by atoms with Gasteiger partial charge in [-0.05, 0) is 52.0 Å². The fraction of sp³-hybridized carbons (Fsp3) is 0.200. The molecule has 0 aliphatic carbocycles. The molecule has 0 spiro atoms. The highest BCUT2D eigenvalue weighted by molar-refractivity contribution is 6.27. The van der Waals surface area contributed by atoms with Crippen LogP contribution in [0, 0.1) is 0 Å². The summed E-state index contributed by atoms with van der Waals surface area (Å²) in [6, 6.07) is 7.50. The molecule has 0 amide bonds. The molecule has 2 aliphatic heterocycles. The number of esters is 2. The highest BCUT2D eigenvalue weighted by Gasteiger charge is 2.33. The number of rotatable bonds is 0. The Morgan fingerprint density at radius 3 is 1.38 bits per heavy atom. The molecule has 4 rings (SSSR count). The van der Waals surface area contributed by atoms with Crippen molar-refractivity contribution in [2.24, 2.45) is 0 Å². The van der Waals surface area contributed by atoms with Gasteiger partial charge in [-0.3, -0.25) is 0 Å². The highest BCUT2D eigenvalue weighted by atomic mass is 16.5. The summed E-state index contributed by atoms with van der Waals surface area (Å²) in [6.45, 7) is 7.56. The molecular formula is C20H16O4. The topological polar surface area (TPSA) is 52.6 Å². The molecular weight excluding hydrogens is 304 g/mol. The Kier molecular flexibility index (Phi) is 2.94. The average Bonchev–Trinajstić information content (AvgIpc) is 3.02. The van der Waals surface area contributed by atoms with Gasteiger partial charge >= 0.3 is 11.9 Å². The van der Waals surface area contributed by atoms with Crippen LogP contribution in [0.15, 0.2) is 35.4 Å². The van der Waals surface area contributed by atoms with Crippen LogP contribution in [0.3, 0.4) is 0 Å². The molecule has 2 aromatic rings. The summed E-state index contributed by atoms with van der Waals surface area (Å²) in [5, 5.41) is 1.55. The summed E-state index contributed by atoms with van der Waals surface area (Å²) >= 11 is 0. The van der Waals surface area contributed by atoms with Crippen LogP contribution in [0.2, 0.25) is 0 Å². The molecule has 120 valence electrons. The minimum Gasteiger partial charge on any atom is -0.422 e. The van der Waals surface area contributed by atoms with Crippen molar-refractivity contribution in [3.63, 3.8) is 0 Å². The molecule has 0 bridgehead atoms. The zero-order valence-corrected chi connectivity index (χ0v) is 13.9. The Bertz CT molecular complexity index is 930. The first-order valence-electron chi connectivity index (χ1n) is 7.80. The van der Waals surface area contributed by atoms with Crippen LogP contribution in [0.1, 0.15) is 38.8 Å². The zero-order valence-electron chi connectivity index (χ0n) is 13.9. The lowest BCUT2D eigenvalue weighted by atomic mass is 9.95. The van der Waals surface area contributed by atoms with E-state index in [2.05, 4.69) is 0 Å². The molecule has 4 heteroatoms. The van der Waals surface area contributed by atoms with E-state index in [0.29, 0.717) is 22.6 Å². The lowest BCUT2D eigenvalue weighted by Crippen LogP contribution is -2.01. The largest absolute Gasteiger partial charge is 0.422 e. The van der Waals surface area contributed by atoms with Gasteiger partial charge in [0.2, 0.25) is 0 Å². The van der Waals surface area contributed by atoms with E-state index in [1.807, 2.05) is 52.0 Å². The smallest absolute Gasteiger partial charge is 0.344 e. The van der Waals surface area contributed by atoms with Crippen LogP contribution in [0.25, 0.3) is 21.9 Å². The van der Waals surface area contributed by atoms with Gasteiger partial charge in [0.05, 0.1) is 11.1 Å². The summed E-state index contributed by atoms with van der Waals surface area (Å²) < 4.78 is 11.0. The van der Waals surface area contributed by atoms with Crippen molar-refractivity contribution >= 4 is 33.9 Å². The van der Waals surface area contributed by atoms with E-state index in [-0.39, 0.29) is 11.9 Å². The second-order valence-electron chi connectivity index (χ2n) is 6.51. The molecule has 0 atom stereocenters. The summed E-state index contributed by atoms with van der Waals surface area (Å²) in [6.07, 6.45) is 0. The van der Waals surface area contributed by atoms with Gasteiger partial charge < -0.3 is 9.47 Å². The number of hydrogen-bond donors (Lipinski definition) is 0. The van der Waals surface area contributed by atoms with Crippen LogP contribution in [0.4, 0.5) is 0 Å². The van der Waals surface area contributed by atoms with Crippen LogP contribution in [0.5, 0.6) is 11.5 Å². The monoisotopic (exact) mass is 320 g/mol. The summed E-state index contributed by atoms with van der Waals surface area (Å²) in [5.74, 6) is 0.413.